The molecular weight excluding hydrogens is 285 g/mol. The van der Waals surface area contributed by atoms with Crippen LogP contribution in [0.2, 0.25) is 0 Å². The van der Waals surface area contributed by atoms with Crippen LogP contribution < -0.4 is 0 Å². The molecule has 0 radical (unpaired) electrons. The van der Waals surface area contributed by atoms with Gasteiger partial charge in [-0.1, -0.05) is 31.9 Å². The molecule has 1 saturated carbocycles. The molecule has 0 spiro atoms. The fourth-order valence-electron chi connectivity index (χ4n) is 3.80. The van der Waals surface area contributed by atoms with Gasteiger partial charge in [-0.25, -0.2) is 13.2 Å². The Hall–Kier alpha value is -1.51. The summed E-state index contributed by atoms with van der Waals surface area (Å²) >= 11 is 0. The summed E-state index contributed by atoms with van der Waals surface area (Å²) in [5.74, 6) is -1.62. The van der Waals surface area contributed by atoms with Crippen LogP contribution in [0, 0.1) is 23.4 Å². The third kappa shape index (κ3) is 2.86. The van der Waals surface area contributed by atoms with Gasteiger partial charge in [0.1, 0.15) is 5.82 Å². The zero-order chi connectivity index (χ0) is 15.7. The lowest BCUT2D eigenvalue weighted by Gasteiger charge is -2.28. The van der Waals surface area contributed by atoms with Crippen molar-refractivity contribution in [2.24, 2.45) is 5.92 Å². The maximum atomic E-state index is 14.2. The van der Waals surface area contributed by atoms with Gasteiger partial charge in [0.15, 0.2) is 11.6 Å². The summed E-state index contributed by atoms with van der Waals surface area (Å²) in [5, 5.41) is 0.216. The van der Waals surface area contributed by atoms with Crippen molar-refractivity contribution in [2.45, 2.75) is 51.4 Å². The maximum Gasteiger partial charge on any atom is 0.169 e. The summed E-state index contributed by atoms with van der Waals surface area (Å²) in [4.78, 5) is 0. The quantitative estimate of drug-likeness (QED) is 0.621. The molecule has 3 rings (SSSR count). The summed E-state index contributed by atoms with van der Waals surface area (Å²) in [7, 11) is 0. The lowest BCUT2D eigenvalue weighted by Crippen LogP contribution is -2.13. The molecule has 0 unspecified atom stereocenters. The van der Waals surface area contributed by atoms with Crippen LogP contribution in [0.1, 0.15) is 56.9 Å². The first-order chi connectivity index (χ1) is 10.6. The molecule has 0 amide bonds. The van der Waals surface area contributed by atoms with Crippen molar-refractivity contribution in [1.82, 2.24) is 0 Å². The molecule has 0 bridgehead atoms. The molecule has 0 N–H and O–H groups in total. The van der Waals surface area contributed by atoms with E-state index in [0.29, 0.717) is 11.3 Å². The van der Waals surface area contributed by atoms with Gasteiger partial charge in [0, 0.05) is 0 Å². The summed E-state index contributed by atoms with van der Waals surface area (Å²) < 4.78 is 41.2. The van der Waals surface area contributed by atoms with Crippen LogP contribution >= 0.6 is 0 Å². The first kappa shape index (κ1) is 15.4. The molecule has 1 fully saturated rings. The van der Waals surface area contributed by atoms with E-state index >= 15 is 0 Å². The van der Waals surface area contributed by atoms with Crippen molar-refractivity contribution < 1.29 is 13.2 Å². The Bertz CT molecular complexity index is 670. The van der Waals surface area contributed by atoms with Crippen LogP contribution in [0.25, 0.3) is 10.8 Å². The predicted molar refractivity (Wildman–Crippen MR) is 83.4 cm³/mol. The van der Waals surface area contributed by atoms with Crippen molar-refractivity contribution in [3.8, 4) is 0 Å². The second-order valence-corrected chi connectivity index (χ2v) is 6.47. The van der Waals surface area contributed by atoms with Crippen molar-refractivity contribution in [2.75, 3.05) is 0 Å². The van der Waals surface area contributed by atoms with Gasteiger partial charge >= 0.3 is 0 Å². The molecule has 0 heterocycles. The Morgan fingerprint density at radius 1 is 0.955 bits per heavy atom. The minimum absolute atomic E-state index is 0.233. The van der Waals surface area contributed by atoms with Crippen molar-refractivity contribution >= 4 is 10.8 Å². The lowest BCUT2D eigenvalue weighted by molar-refractivity contribution is 0.308. The molecule has 2 aromatic carbocycles. The Balaban J connectivity index is 1.88. The van der Waals surface area contributed by atoms with Gasteiger partial charge in [0.05, 0.1) is 5.39 Å². The molecule has 0 atom stereocenters. The molecule has 0 aromatic heterocycles. The SMILES string of the molecule is CCCC1CCC(c2cc(F)c3c(F)c(F)ccc3c2)CC1. The fraction of sp³-hybridized carbons (Fsp3) is 0.474. The molecule has 1 aliphatic carbocycles. The predicted octanol–water partition coefficient (Wildman–Crippen LogP) is 6.33. The van der Waals surface area contributed by atoms with Crippen LogP contribution in [0.5, 0.6) is 0 Å². The Morgan fingerprint density at radius 3 is 2.36 bits per heavy atom. The van der Waals surface area contributed by atoms with E-state index in [4.69, 9.17) is 0 Å². The van der Waals surface area contributed by atoms with E-state index in [0.717, 1.165) is 30.4 Å². The van der Waals surface area contributed by atoms with E-state index < -0.39 is 17.5 Å². The number of halogens is 3. The Morgan fingerprint density at radius 2 is 1.68 bits per heavy atom. The summed E-state index contributed by atoms with van der Waals surface area (Å²) in [6, 6.07) is 5.75. The lowest BCUT2D eigenvalue weighted by atomic mass is 9.77. The molecule has 2 aromatic rings. The van der Waals surface area contributed by atoms with Gasteiger partial charge in [-0.3, -0.25) is 0 Å². The van der Waals surface area contributed by atoms with Gasteiger partial charge in [0.2, 0.25) is 0 Å². The highest BCUT2D eigenvalue weighted by Gasteiger charge is 2.23. The van der Waals surface area contributed by atoms with Crippen molar-refractivity contribution in [1.29, 1.82) is 0 Å². The average Bonchev–Trinajstić information content (AvgIpc) is 2.51. The minimum Gasteiger partial charge on any atom is -0.206 e. The van der Waals surface area contributed by atoms with Crippen LogP contribution in [-0.4, -0.2) is 0 Å². The van der Waals surface area contributed by atoms with Crippen LogP contribution in [0.4, 0.5) is 13.2 Å². The third-order valence-electron chi connectivity index (χ3n) is 5.00. The van der Waals surface area contributed by atoms with Gasteiger partial charge in [-0.05, 0) is 60.6 Å². The minimum atomic E-state index is -1.09. The Labute approximate surface area is 129 Å². The van der Waals surface area contributed by atoms with Gasteiger partial charge in [0.25, 0.3) is 0 Å². The normalized spacial score (nSPS) is 22.2. The topological polar surface area (TPSA) is 0 Å². The molecular formula is C19H21F3. The molecule has 0 nitrogen and oxygen atoms in total. The highest BCUT2D eigenvalue weighted by molar-refractivity contribution is 5.84. The molecule has 118 valence electrons. The van der Waals surface area contributed by atoms with E-state index in [1.807, 2.05) is 6.07 Å². The number of rotatable bonds is 3. The zero-order valence-electron chi connectivity index (χ0n) is 12.8. The van der Waals surface area contributed by atoms with E-state index in [1.165, 1.54) is 37.8 Å². The van der Waals surface area contributed by atoms with Crippen LogP contribution in [0.15, 0.2) is 24.3 Å². The monoisotopic (exact) mass is 306 g/mol. The first-order valence-corrected chi connectivity index (χ1v) is 8.17. The molecule has 0 aliphatic heterocycles. The number of benzene rings is 2. The van der Waals surface area contributed by atoms with Crippen molar-refractivity contribution in [3.05, 3.63) is 47.3 Å². The van der Waals surface area contributed by atoms with Gasteiger partial charge in [-0.2, -0.15) is 0 Å². The largest absolute Gasteiger partial charge is 0.206 e. The summed E-state index contributed by atoms with van der Waals surface area (Å²) in [6.07, 6.45) is 6.94. The molecule has 0 saturated heterocycles. The highest BCUT2D eigenvalue weighted by atomic mass is 19.2. The van der Waals surface area contributed by atoms with E-state index in [9.17, 15) is 13.2 Å². The smallest absolute Gasteiger partial charge is 0.169 e. The second kappa shape index (κ2) is 6.31. The zero-order valence-corrected chi connectivity index (χ0v) is 12.8. The van der Waals surface area contributed by atoms with Crippen LogP contribution in [0.3, 0.4) is 0 Å². The van der Waals surface area contributed by atoms with Gasteiger partial charge in [-0.15, -0.1) is 0 Å². The standard InChI is InChI=1S/C19H21F3/c1-2-3-12-4-6-13(7-5-12)15-10-14-8-9-16(20)19(22)18(14)17(21)11-15/h8-13H,2-7H2,1H3. The maximum absolute atomic E-state index is 14.2. The van der Waals surface area contributed by atoms with Gasteiger partial charge < -0.3 is 0 Å². The average molecular weight is 306 g/mol. The van der Waals surface area contributed by atoms with E-state index in [-0.39, 0.29) is 5.39 Å². The number of hydrogen-bond acceptors (Lipinski definition) is 0. The second-order valence-electron chi connectivity index (χ2n) is 6.47. The first-order valence-electron chi connectivity index (χ1n) is 8.17. The molecule has 3 heteroatoms. The summed E-state index contributed by atoms with van der Waals surface area (Å²) in [5.41, 5.74) is 0.922. The number of fused-ring (bicyclic) bond motifs is 1. The van der Waals surface area contributed by atoms with Crippen LogP contribution in [-0.2, 0) is 0 Å². The number of hydrogen-bond donors (Lipinski definition) is 0. The summed E-state index contributed by atoms with van der Waals surface area (Å²) in [6.45, 7) is 2.21. The highest BCUT2D eigenvalue weighted by Crippen LogP contribution is 2.39. The van der Waals surface area contributed by atoms with Crippen molar-refractivity contribution in [3.63, 3.8) is 0 Å². The third-order valence-corrected chi connectivity index (χ3v) is 5.00. The van der Waals surface area contributed by atoms with E-state index in [2.05, 4.69) is 6.92 Å². The van der Waals surface area contributed by atoms with E-state index in [1.54, 1.807) is 0 Å². The molecule has 1 aliphatic rings. The fourth-order valence-corrected chi connectivity index (χ4v) is 3.80. The Kier molecular flexibility index (Phi) is 4.42. The molecule has 22 heavy (non-hydrogen) atoms.